The summed E-state index contributed by atoms with van der Waals surface area (Å²) in [6.07, 6.45) is -9.56. The molecule has 44 heavy (non-hydrogen) atoms. The summed E-state index contributed by atoms with van der Waals surface area (Å²) in [7, 11) is 0. The lowest BCUT2D eigenvalue weighted by Crippen LogP contribution is -2.64. The van der Waals surface area contributed by atoms with E-state index in [1.165, 1.54) is 13.8 Å². The van der Waals surface area contributed by atoms with Crippen LogP contribution in [0.3, 0.4) is 0 Å². The zero-order valence-electron chi connectivity index (χ0n) is 26.0. The van der Waals surface area contributed by atoms with Crippen LogP contribution in [0.25, 0.3) is 0 Å². The molecule has 9 atom stereocenters. The average Bonchev–Trinajstić information content (AvgIpc) is 3.24. The second kappa shape index (κ2) is 13.3. The predicted molar refractivity (Wildman–Crippen MR) is 149 cm³/mol. The fourth-order valence-electron chi connectivity index (χ4n) is 8.56. The maximum absolute atomic E-state index is 14.9. The van der Waals surface area contributed by atoms with Crippen LogP contribution in [-0.2, 0) is 19.1 Å². The van der Waals surface area contributed by atoms with Gasteiger partial charge in [0.15, 0.2) is 0 Å². The topological polar surface area (TPSA) is 72.8 Å². The summed E-state index contributed by atoms with van der Waals surface area (Å²) in [5.74, 6) is -2.50. The first-order valence-corrected chi connectivity index (χ1v) is 15.4. The normalized spacial score (nSPS) is 33.0. The number of rotatable bonds is 9. The van der Waals surface area contributed by atoms with Gasteiger partial charge in [-0.1, -0.05) is 39.8 Å². The third-order valence-electron chi connectivity index (χ3n) is 10.6. The maximum Gasteiger partial charge on any atom is 0.429 e. The van der Waals surface area contributed by atoms with E-state index in [0.29, 0.717) is 24.8 Å². The van der Waals surface area contributed by atoms with E-state index in [2.05, 4.69) is 19.6 Å². The van der Waals surface area contributed by atoms with Crippen molar-refractivity contribution in [3.8, 4) is 0 Å². The highest BCUT2D eigenvalue weighted by Crippen LogP contribution is 2.61. The quantitative estimate of drug-likeness (QED) is 0.203. The molecule has 3 saturated carbocycles. The van der Waals surface area contributed by atoms with Crippen molar-refractivity contribution in [3.05, 3.63) is 23.8 Å². The third kappa shape index (κ3) is 7.30. The minimum absolute atomic E-state index is 0.0335. The number of aliphatic hydroxyl groups is 1. The standard InChI is InChI=1S/C32H45F7O5/c1-17(14-18(2)28(33)30(42,31(34,35)36)32(37,38)39)25-11-12-26-22(8-7-13-29(25,26)6)9-10-23-15-24(43-20(4)40)16-27(19(23)3)44-21(5)41/h10,17-18,22,24-28,42H,3,7-9,11-16H2,1-2,4-6H3/b23-10-/t17?,18-,22?,24+,25?,26?,27-,28+,29?/m0/s1. The van der Waals surface area contributed by atoms with Crippen LogP contribution >= 0.6 is 0 Å². The summed E-state index contributed by atoms with van der Waals surface area (Å²) in [6, 6.07) is 0. The van der Waals surface area contributed by atoms with Crippen LogP contribution in [0.5, 0.6) is 0 Å². The summed E-state index contributed by atoms with van der Waals surface area (Å²) >= 11 is 0. The molecule has 0 radical (unpaired) electrons. The number of hydrogen-bond donors (Lipinski definition) is 1. The van der Waals surface area contributed by atoms with E-state index in [0.717, 1.165) is 44.6 Å². The predicted octanol–water partition coefficient (Wildman–Crippen LogP) is 8.21. The summed E-state index contributed by atoms with van der Waals surface area (Å²) in [6.45, 7) is 11.6. The molecule has 0 saturated heterocycles. The second-order valence-corrected chi connectivity index (χ2v) is 13.6. The van der Waals surface area contributed by atoms with Gasteiger partial charge in [-0.15, -0.1) is 0 Å². The van der Waals surface area contributed by atoms with Gasteiger partial charge >= 0.3 is 24.3 Å². The number of alkyl halides is 7. The third-order valence-corrected chi connectivity index (χ3v) is 10.6. The number of esters is 2. The van der Waals surface area contributed by atoms with Gasteiger partial charge in [-0.2, -0.15) is 26.3 Å². The highest BCUT2D eigenvalue weighted by atomic mass is 19.4. The molecule has 0 aromatic carbocycles. The van der Waals surface area contributed by atoms with Crippen LogP contribution < -0.4 is 0 Å². The smallest absolute Gasteiger partial charge is 0.429 e. The fraction of sp³-hybridized carbons (Fsp3) is 0.812. The Labute approximate surface area is 254 Å². The number of carbonyl (C=O) groups excluding carboxylic acids is 2. The van der Waals surface area contributed by atoms with Crippen LogP contribution in [0.15, 0.2) is 23.8 Å². The number of allylic oxidation sites excluding steroid dienone is 1. The molecule has 252 valence electrons. The Kier molecular flexibility index (Phi) is 11.0. The number of halogens is 7. The summed E-state index contributed by atoms with van der Waals surface area (Å²) in [5.41, 5.74) is -4.15. The van der Waals surface area contributed by atoms with Gasteiger partial charge in [0, 0.05) is 26.7 Å². The van der Waals surface area contributed by atoms with Crippen LogP contribution in [0.1, 0.15) is 92.4 Å². The minimum Gasteiger partial charge on any atom is -0.462 e. The van der Waals surface area contributed by atoms with Crippen LogP contribution in [0.2, 0.25) is 0 Å². The molecule has 3 aliphatic rings. The van der Waals surface area contributed by atoms with Crippen molar-refractivity contribution in [1.29, 1.82) is 0 Å². The second-order valence-electron chi connectivity index (χ2n) is 13.6. The van der Waals surface area contributed by atoms with Crippen molar-refractivity contribution in [2.45, 2.75) is 129 Å². The van der Waals surface area contributed by atoms with Crippen molar-refractivity contribution in [2.75, 3.05) is 0 Å². The monoisotopic (exact) mass is 642 g/mol. The molecule has 0 bridgehead atoms. The van der Waals surface area contributed by atoms with Crippen molar-refractivity contribution >= 4 is 11.9 Å². The zero-order valence-corrected chi connectivity index (χ0v) is 26.0. The number of fused-ring (bicyclic) bond motifs is 1. The molecule has 3 fully saturated rings. The van der Waals surface area contributed by atoms with Gasteiger partial charge in [0.2, 0.25) is 0 Å². The molecule has 5 nitrogen and oxygen atoms in total. The van der Waals surface area contributed by atoms with Crippen LogP contribution in [-0.4, -0.2) is 53.4 Å². The van der Waals surface area contributed by atoms with Gasteiger partial charge in [0.05, 0.1) is 0 Å². The van der Waals surface area contributed by atoms with Crippen molar-refractivity contribution in [3.63, 3.8) is 0 Å². The molecular formula is C32H45F7O5. The first-order valence-electron chi connectivity index (χ1n) is 15.4. The Morgan fingerprint density at radius 3 is 2.18 bits per heavy atom. The molecule has 3 rings (SSSR count). The van der Waals surface area contributed by atoms with Gasteiger partial charge in [-0.3, -0.25) is 9.59 Å². The molecule has 0 aliphatic heterocycles. The number of hydrogen-bond acceptors (Lipinski definition) is 5. The molecule has 0 heterocycles. The van der Waals surface area contributed by atoms with E-state index < -0.39 is 54.2 Å². The zero-order chi connectivity index (χ0) is 33.4. The van der Waals surface area contributed by atoms with Crippen LogP contribution in [0, 0.1) is 35.0 Å². The summed E-state index contributed by atoms with van der Waals surface area (Å²) < 4.78 is 106. The SMILES string of the molecule is C=C1/C(=C\CC2CCCC3(C)C(C(C)C[C@H](C)[C@@H](F)C(O)(C(F)(F)F)C(F)(F)F)CCC23)C[C@@H](OC(C)=O)C[C@@H]1OC(C)=O. The van der Waals surface area contributed by atoms with Crippen molar-refractivity contribution < 1.29 is 54.9 Å². The van der Waals surface area contributed by atoms with Crippen LogP contribution in [0.4, 0.5) is 30.7 Å². The molecule has 3 aliphatic carbocycles. The van der Waals surface area contributed by atoms with Gasteiger partial charge in [-0.25, -0.2) is 4.39 Å². The molecule has 12 heteroatoms. The minimum atomic E-state index is -6.21. The van der Waals surface area contributed by atoms with E-state index in [-0.39, 0.29) is 35.5 Å². The molecule has 0 amide bonds. The number of ether oxygens (including phenoxy) is 2. The number of carbonyl (C=O) groups is 2. The fourth-order valence-corrected chi connectivity index (χ4v) is 8.56. The maximum atomic E-state index is 14.9. The lowest BCUT2D eigenvalue weighted by Gasteiger charge is -2.47. The molecule has 0 aromatic rings. The Bertz CT molecular complexity index is 1090. The Morgan fingerprint density at radius 1 is 1.05 bits per heavy atom. The molecule has 1 N–H and O–H groups in total. The van der Waals surface area contributed by atoms with Gasteiger partial charge in [0.25, 0.3) is 5.60 Å². The first-order chi connectivity index (χ1) is 20.1. The van der Waals surface area contributed by atoms with Gasteiger partial charge < -0.3 is 14.6 Å². The van der Waals surface area contributed by atoms with E-state index >= 15 is 0 Å². The highest BCUT2D eigenvalue weighted by Gasteiger charge is 2.75. The Morgan fingerprint density at radius 2 is 1.64 bits per heavy atom. The largest absolute Gasteiger partial charge is 0.462 e. The average molecular weight is 643 g/mol. The first kappa shape index (κ1) is 36.4. The molecular weight excluding hydrogens is 597 g/mol. The molecule has 5 unspecified atom stereocenters. The summed E-state index contributed by atoms with van der Waals surface area (Å²) in [4.78, 5) is 23.3. The molecule has 0 spiro atoms. The van der Waals surface area contributed by atoms with E-state index in [9.17, 15) is 45.4 Å². The van der Waals surface area contributed by atoms with Gasteiger partial charge in [0.1, 0.15) is 18.4 Å². The van der Waals surface area contributed by atoms with Crippen molar-refractivity contribution in [1.82, 2.24) is 0 Å². The lowest BCUT2D eigenvalue weighted by molar-refractivity contribution is -0.388. The van der Waals surface area contributed by atoms with Gasteiger partial charge in [-0.05, 0) is 84.7 Å². The highest BCUT2D eigenvalue weighted by molar-refractivity contribution is 5.67. The van der Waals surface area contributed by atoms with E-state index in [4.69, 9.17) is 9.47 Å². The van der Waals surface area contributed by atoms with E-state index in [1.54, 1.807) is 6.92 Å². The molecule has 0 aromatic heterocycles. The van der Waals surface area contributed by atoms with Crippen molar-refractivity contribution in [2.24, 2.45) is 35.0 Å². The van der Waals surface area contributed by atoms with E-state index in [1.807, 2.05) is 0 Å². The Balaban J connectivity index is 1.74. The summed E-state index contributed by atoms with van der Waals surface area (Å²) in [5, 5.41) is 9.59. The Hall–Kier alpha value is -2.11. The lowest BCUT2D eigenvalue weighted by atomic mass is 9.58.